The number of nitrogens with one attached hydrogen (secondary N) is 3. The molecule has 1 atom stereocenters. The van der Waals surface area contributed by atoms with Gasteiger partial charge in [-0.3, -0.25) is 4.79 Å². The Balaban J connectivity index is 1.67. The zero-order valence-corrected chi connectivity index (χ0v) is 18.8. The minimum absolute atomic E-state index is 0.214. The summed E-state index contributed by atoms with van der Waals surface area (Å²) in [5, 5.41) is 8.51. The molecule has 32 heavy (non-hydrogen) atoms. The van der Waals surface area contributed by atoms with Gasteiger partial charge in [0.25, 0.3) is 5.91 Å². The number of carbonyl (C=O) groups excluding carboxylic acids is 3. The van der Waals surface area contributed by atoms with E-state index in [1.807, 2.05) is 0 Å². The highest BCUT2D eigenvalue weighted by atomic mass is 35.5. The molecule has 3 rings (SSSR count). The Morgan fingerprint density at radius 2 is 1.84 bits per heavy atom. The molecule has 3 N–H and O–H groups in total. The van der Waals surface area contributed by atoms with Crippen LogP contribution in [-0.2, 0) is 14.3 Å². The quantitative estimate of drug-likeness (QED) is 0.518. The second-order valence-corrected chi connectivity index (χ2v) is 7.58. The number of ether oxygens (including phenoxy) is 2. The van der Waals surface area contributed by atoms with Gasteiger partial charge >= 0.3 is 12.0 Å². The summed E-state index contributed by atoms with van der Waals surface area (Å²) in [7, 11) is 0. The highest BCUT2D eigenvalue weighted by molar-refractivity contribution is 6.44. The molecule has 0 radical (unpaired) electrons. The summed E-state index contributed by atoms with van der Waals surface area (Å²) in [6.07, 6.45) is 0. The van der Waals surface area contributed by atoms with Crippen molar-refractivity contribution in [3.05, 3.63) is 69.3 Å². The summed E-state index contributed by atoms with van der Waals surface area (Å²) in [6.45, 7) is 3.31. The van der Waals surface area contributed by atoms with Crippen molar-refractivity contribution in [3.8, 4) is 5.75 Å². The Morgan fingerprint density at radius 1 is 1.12 bits per heavy atom. The van der Waals surface area contributed by atoms with Crippen LogP contribution in [0, 0.1) is 0 Å². The SMILES string of the molecule is CCOC(=O)C1=C(C)NC(=O)N[C@@H]1c1ccc(OCC(=O)Nc2cccc(Cl)c2Cl)cc1. The average Bonchev–Trinajstić information content (AvgIpc) is 2.75. The summed E-state index contributed by atoms with van der Waals surface area (Å²) in [4.78, 5) is 36.5. The van der Waals surface area contributed by atoms with Crippen LogP contribution in [0.15, 0.2) is 53.7 Å². The molecule has 1 aliphatic rings. The molecule has 8 nitrogen and oxygen atoms in total. The molecule has 1 aliphatic heterocycles. The van der Waals surface area contributed by atoms with Gasteiger partial charge in [0.2, 0.25) is 0 Å². The summed E-state index contributed by atoms with van der Waals surface area (Å²) in [5.74, 6) is -0.495. The molecule has 3 amide bonds. The van der Waals surface area contributed by atoms with Crippen molar-refractivity contribution in [2.24, 2.45) is 0 Å². The normalized spacial score (nSPS) is 15.5. The third-order valence-electron chi connectivity index (χ3n) is 4.57. The number of rotatable bonds is 7. The summed E-state index contributed by atoms with van der Waals surface area (Å²) in [6, 6.07) is 10.5. The fourth-order valence-corrected chi connectivity index (χ4v) is 3.46. The Hall–Kier alpha value is -3.23. The van der Waals surface area contributed by atoms with Crippen LogP contribution in [0.2, 0.25) is 10.0 Å². The van der Waals surface area contributed by atoms with Crippen molar-refractivity contribution in [2.75, 3.05) is 18.5 Å². The molecule has 0 spiro atoms. The number of urea groups is 1. The highest BCUT2D eigenvalue weighted by Crippen LogP contribution is 2.30. The van der Waals surface area contributed by atoms with E-state index in [9.17, 15) is 14.4 Å². The molecular weight excluding hydrogens is 457 g/mol. The first-order valence-corrected chi connectivity index (χ1v) is 10.5. The van der Waals surface area contributed by atoms with Crippen LogP contribution in [-0.4, -0.2) is 31.1 Å². The maximum absolute atomic E-state index is 12.4. The minimum Gasteiger partial charge on any atom is -0.484 e. The van der Waals surface area contributed by atoms with Gasteiger partial charge in [-0.15, -0.1) is 0 Å². The van der Waals surface area contributed by atoms with Crippen molar-refractivity contribution in [1.29, 1.82) is 0 Å². The number of benzene rings is 2. The van der Waals surface area contributed by atoms with Crippen molar-refractivity contribution < 1.29 is 23.9 Å². The summed E-state index contributed by atoms with van der Waals surface area (Å²) < 4.78 is 10.6. The maximum Gasteiger partial charge on any atom is 0.338 e. The molecule has 0 unspecified atom stereocenters. The third-order valence-corrected chi connectivity index (χ3v) is 5.39. The zero-order chi connectivity index (χ0) is 23.3. The Labute approximate surface area is 194 Å². The molecule has 2 aromatic rings. The van der Waals surface area contributed by atoms with Crippen LogP contribution in [0.3, 0.4) is 0 Å². The second kappa shape index (κ2) is 10.4. The molecule has 1 heterocycles. The number of anilines is 1. The molecule has 0 aliphatic carbocycles. The van der Waals surface area contributed by atoms with E-state index >= 15 is 0 Å². The zero-order valence-electron chi connectivity index (χ0n) is 17.3. The van der Waals surface area contributed by atoms with Crippen LogP contribution in [0.4, 0.5) is 10.5 Å². The standard InChI is InChI=1S/C22H21Cl2N3O5/c1-3-31-21(29)18-12(2)25-22(30)27-20(18)13-7-9-14(10-8-13)32-11-17(28)26-16-6-4-5-15(23)19(16)24/h4-10,20H,3,11H2,1-2H3,(H,26,28)(H2,25,27,30)/t20-/m1/s1. The van der Waals surface area contributed by atoms with Crippen molar-refractivity contribution in [2.45, 2.75) is 19.9 Å². The Morgan fingerprint density at radius 3 is 2.53 bits per heavy atom. The lowest BCUT2D eigenvalue weighted by molar-refractivity contribution is -0.139. The molecule has 0 aromatic heterocycles. The first-order chi connectivity index (χ1) is 15.3. The molecule has 0 saturated heterocycles. The molecule has 2 aromatic carbocycles. The fraction of sp³-hybridized carbons (Fsp3) is 0.227. The lowest BCUT2D eigenvalue weighted by atomic mass is 9.95. The number of allylic oxidation sites excluding steroid dienone is 1. The molecule has 168 valence electrons. The minimum atomic E-state index is -0.676. The van der Waals surface area contributed by atoms with Crippen LogP contribution >= 0.6 is 23.2 Å². The van der Waals surface area contributed by atoms with E-state index in [1.54, 1.807) is 56.3 Å². The summed E-state index contributed by atoms with van der Waals surface area (Å²) >= 11 is 12.0. The largest absolute Gasteiger partial charge is 0.484 e. The number of hydrogen-bond donors (Lipinski definition) is 3. The van der Waals surface area contributed by atoms with E-state index in [0.717, 1.165) is 0 Å². The van der Waals surface area contributed by atoms with E-state index in [4.69, 9.17) is 32.7 Å². The number of esters is 1. The fourth-order valence-electron chi connectivity index (χ4n) is 3.12. The van der Waals surface area contributed by atoms with Crippen LogP contribution in [0.1, 0.15) is 25.5 Å². The Kier molecular flexibility index (Phi) is 7.61. The van der Waals surface area contributed by atoms with Gasteiger partial charge in [-0.25, -0.2) is 9.59 Å². The smallest absolute Gasteiger partial charge is 0.338 e. The van der Waals surface area contributed by atoms with Crippen LogP contribution in [0.5, 0.6) is 5.75 Å². The van der Waals surface area contributed by atoms with Gasteiger partial charge < -0.3 is 25.4 Å². The van der Waals surface area contributed by atoms with Crippen molar-refractivity contribution in [3.63, 3.8) is 0 Å². The monoisotopic (exact) mass is 477 g/mol. The van der Waals surface area contributed by atoms with Gasteiger partial charge in [-0.2, -0.15) is 0 Å². The number of amides is 3. The molecular formula is C22H21Cl2N3O5. The first kappa shape index (κ1) is 23.4. The van der Waals surface area contributed by atoms with Gasteiger partial charge in [0.05, 0.1) is 34.0 Å². The van der Waals surface area contributed by atoms with E-state index < -0.39 is 23.9 Å². The van der Waals surface area contributed by atoms with Gasteiger partial charge in [0.15, 0.2) is 6.61 Å². The van der Waals surface area contributed by atoms with E-state index in [2.05, 4.69) is 16.0 Å². The number of hydrogen-bond acceptors (Lipinski definition) is 5. The molecule has 0 fully saturated rings. The van der Waals surface area contributed by atoms with Crippen molar-refractivity contribution in [1.82, 2.24) is 10.6 Å². The van der Waals surface area contributed by atoms with Crippen LogP contribution in [0.25, 0.3) is 0 Å². The predicted octanol–water partition coefficient (Wildman–Crippen LogP) is 4.20. The van der Waals surface area contributed by atoms with Gasteiger partial charge in [-0.1, -0.05) is 41.4 Å². The molecule has 10 heteroatoms. The second-order valence-electron chi connectivity index (χ2n) is 6.80. The summed E-state index contributed by atoms with van der Waals surface area (Å²) in [5.41, 5.74) is 1.79. The van der Waals surface area contributed by atoms with Gasteiger partial charge in [0.1, 0.15) is 5.75 Å². The molecule has 0 bridgehead atoms. The Bertz CT molecular complexity index is 1070. The lowest BCUT2D eigenvalue weighted by Crippen LogP contribution is -2.45. The van der Waals surface area contributed by atoms with Gasteiger partial charge in [-0.05, 0) is 43.7 Å². The first-order valence-electron chi connectivity index (χ1n) is 9.72. The number of halogens is 2. The maximum atomic E-state index is 12.4. The average molecular weight is 478 g/mol. The van der Waals surface area contributed by atoms with Crippen molar-refractivity contribution >= 4 is 46.8 Å². The number of carbonyl (C=O) groups is 3. The lowest BCUT2D eigenvalue weighted by Gasteiger charge is -2.28. The topological polar surface area (TPSA) is 106 Å². The third kappa shape index (κ3) is 5.52. The van der Waals surface area contributed by atoms with E-state index in [-0.39, 0.29) is 18.2 Å². The highest BCUT2D eigenvalue weighted by Gasteiger charge is 2.32. The molecule has 0 saturated carbocycles. The van der Waals surface area contributed by atoms with Gasteiger partial charge in [0, 0.05) is 5.70 Å². The predicted molar refractivity (Wildman–Crippen MR) is 121 cm³/mol. The van der Waals surface area contributed by atoms with Crippen LogP contribution < -0.4 is 20.7 Å². The van der Waals surface area contributed by atoms with E-state index in [0.29, 0.717) is 33.3 Å². The van der Waals surface area contributed by atoms with E-state index in [1.165, 1.54) is 0 Å².